The van der Waals surface area contributed by atoms with Crippen LogP contribution < -0.4 is 22.1 Å². The highest BCUT2D eigenvalue weighted by molar-refractivity contribution is 6.01. The van der Waals surface area contributed by atoms with Crippen molar-refractivity contribution in [2.24, 2.45) is 11.8 Å². The van der Waals surface area contributed by atoms with Crippen molar-refractivity contribution in [3.05, 3.63) is 11.4 Å². The van der Waals surface area contributed by atoms with Crippen LogP contribution in [0.4, 0.5) is 11.6 Å². The van der Waals surface area contributed by atoms with E-state index in [4.69, 9.17) is 31.9 Å². The van der Waals surface area contributed by atoms with Crippen LogP contribution in [0.2, 0.25) is 0 Å². The highest BCUT2D eigenvalue weighted by Gasteiger charge is 2.24. The van der Waals surface area contributed by atoms with Crippen LogP contribution >= 0.6 is 0 Å². The van der Waals surface area contributed by atoms with E-state index >= 15 is 0 Å². The molecular formula is C14H20N6O8. The summed E-state index contributed by atoms with van der Waals surface area (Å²) in [6, 6.07) is 0. The van der Waals surface area contributed by atoms with Crippen LogP contribution in [0.15, 0.2) is 0 Å². The van der Waals surface area contributed by atoms with Crippen molar-refractivity contribution in [2.45, 2.75) is 0 Å². The third-order valence-electron chi connectivity index (χ3n) is 3.54. The predicted octanol–water partition coefficient (Wildman–Crippen LogP) is -3.51. The van der Waals surface area contributed by atoms with E-state index in [9.17, 15) is 19.2 Å². The first kappa shape index (κ1) is 22.5. The molecule has 14 heteroatoms. The number of nitrogens with one attached hydrogen (secondary N) is 2. The minimum atomic E-state index is -1.32. The fourth-order valence-corrected chi connectivity index (χ4v) is 1.85. The Hall–Kier alpha value is -3.52. The quantitative estimate of drug-likeness (QED) is 0.190. The molecule has 1 heterocycles. The van der Waals surface area contributed by atoms with Crippen LogP contribution in [0.25, 0.3) is 0 Å². The molecule has 0 saturated heterocycles. The van der Waals surface area contributed by atoms with Gasteiger partial charge in [0.25, 0.3) is 11.8 Å². The number of carbonyl (C=O) groups excluding carboxylic acids is 2. The average molecular weight is 400 g/mol. The molecule has 0 aliphatic carbocycles. The second kappa shape index (κ2) is 9.98. The number of carboxylic acids is 2. The van der Waals surface area contributed by atoms with Gasteiger partial charge in [0.15, 0.2) is 23.0 Å². The van der Waals surface area contributed by atoms with E-state index in [-0.39, 0.29) is 0 Å². The largest absolute Gasteiger partial charge is 0.481 e. The number of amides is 2. The van der Waals surface area contributed by atoms with Gasteiger partial charge in [0.1, 0.15) is 0 Å². The number of aliphatic hydroxyl groups excluding tert-OH is 2. The Morgan fingerprint density at radius 1 is 0.786 bits per heavy atom. The van der Waals surface area contributed by atoms with Gasteiger partial charge in [-0.05, 0) is 0 Å². The van der Waals surface area contributed by atoms with E-state index in [1.165, 1.54) is 0 Å². The summed E-state index contributed by atoms with van der Waals surface area (Å²) < 4.78 is 0. The summed E-state index contributed by atoms with van der Waals surface area (Å²) in [5.74, 6) is -7.94. The van der Waals surface area contributed by atoms with Crippen molar-refractivity contribution in [1.82, 2.24) is 20.6 Å². The number of aromatic nitrogens is 2. The summed E-state index contributed by atoms with van der Waals surface area (Å²) in [5.41, 5.74) is 10.3. The molecule has 0 spiro atoms. The van der Waals surface area contributed by atoms with Crippen molar-refractivity contribution in [3.8, 4) is 0 Å². The highest BCUT2D eigenvalue weighted by Crippen LogP contribution is 2.13. The lowest BCUT2D eigenvalue weighted by Crippen LogP contribution is -2.37. The zero-order chi connectivity index (χ0) is 21.4. The Bertz CT molecular complexity index is 707. The third-order valence-corrected chi connectivity index (χ3v) is 3.54. The molecule has 0 aliphatic heterocycles. The molecule has 10 N–H and O–H groups in total. The highest BCUT2D eigenvalue weighted by atomic mass is 16.4. The molecule has 1 aromatic rings. The number of hydrogen-bond acceptors (Lipinski definition) is 10. The van der Waals surface area contributed by atoms with Crippen molar-refractivity contribution >= 4 is 35.4 Å². The lowest BCUT2D eigenvalue weighted by Gasteiger charge is -2.13. The van der Waals surface area contributed by atoms with Gasteiger partial charge in [0.2, 0.25) is 0 Å². The standard InChI is InChI=1S/C14H20N6O8/c15-9-7(11(23)17-1-5(3-21)13(25)26)19-10(16)8(20-9)12(24)18-2-6(4-22)14(27)28/h5-6,21-22H,1-4H2,(H2,16,19)(H2,15,20)(H,17,23)(H,18,24)(H,25,26)(H,27,28)/t5-,6?/m1/s1. The number of carbonyl (C=O) groups is 4. The Morgan fingerprint density at radius 3 is 1.36 bits per heavy atom. The average Bonchev–Trinajstić information content (AvgIpc) is 2.63. The van der Waals surface area contributed by atoms with Crippen LogP contribution in [0.5, 0.6) is 0 Å². The zero-order valence-corrected chi connectivity index (χ0v) is 14.5. The summed E-state index contributed by atoms with van der Waals surface area (Å²) in [5, 5.41) is 39.9. The first-order valence-corrected chi connectivity index (χ1v) is 7.79. The fourth-order valence-electron chi connectivity index (χ4n) is 1.85. The summed E-state index contributed by atoms with van der Waals surface area (Å²) in [7, 11) is 0. The van der Waals surface area contributed by atoms with Crippen molar-refractivity contribution < 1.29 is 39.6 Å². The third kappa shape index (κ3) is 5.75. The fraction of sp³-hybridized carbons (Fsp3) is 0.429. The monoisotopic (exact) mass is 400 g/mol. The minimum Gasteiger partial charge on any atom is -0.481 e. The molecule has 28 heavy (non-hydrogen) atoms. The van der Waals surface area contributed by atoms with Gasteiger partial charge >= 0.3 is 11.9 Å². The Morgan fingerprint density at radius 2 is 1.11 bits per heavy atom. The molecule has 0 bridgehead atoms. The van der Waals surface area contributed by atoms with E-state index in [2.05, 4.69) is 20.6 Å². The second-order valence-electron chi connectivity index (χ2n) is 5.55. The van der Waals surface area contributed by atoms with Gasteiger partial charge in [-0.1, -0.05) is 0 Å². The molecule has 1 unspecified atom stereocenters. The SMILES string of the molecule is Nc1nc(C(=O)NC[C@H](CO)C(=O)O)c(N)nc1C(=O)NCC(CO)C(=O)O. The molecule has 1 aromatic heterocycles. The van der Waals surface area contributed by atoms with Gasteiger partial charge < -0.3 is 42.5 Å². The van der Waals surface area contributed by atoms with E-state index in [1.807, 2.05) is 0 Å². The van der Waals surface area contributed by atoms with Crippen LogP contribution in [0.3, 0.4) is 0 Å². The maximum absolute atomic E-state index is 12.1. The van der Waals surface area contributed by atoms with Crippen LogP contribution in [-0.2, 0) is 9.59 Å². The number of aliphatic hydroxyl groups is 2. The van der Waals surface area contributed by atoms with Gasteiger partial charge in [-0.25, -0.2) is 9.97 Å². The Kier molecular flexibility index (Phi) is 8.03. The predicted molar refractivity (Wildman–Crippen MR) is 91.9 cm³/mol. The lowest BCUT2D eigenvalue weighted by molar-refractivity contribution is -0.143. The smallest absolute Gasteiger partial charge is 0.310 e. The Labute approximate surface area is 157 Å². The van der Waals surface area contributed by atoms with Gasteiger partial charge in [0.05, 0.1) is 25.0 Å². The zero-order valence-electron chi connectivity index (χ0n) is 14.5. The molecule has 2 atom stereocenters. The summed E-state index contributed by atoms with van der Waals surface area (Å²) >= 11 is 0. The van der Waals surface area contributed by atoms with E-state index in [0.717, 1.165) is 0 Å². The number of carboxylic acid groups (broad SMARTS) is 2. The molecule has 0 saturated carbocycles. The molecule has 0 fully saturated rings. The summed E-state index contributed by atoms with van der Waals surface area (Å²) in [6.45, 7) is -2.23. The van der Waals surface area contributed by atoms with Gasteiger partial charge in [-0.3, -0.25) is 19.2 Å². The first-order valence-electron chi connectivity index (χ1n) is 7.79. The molecule has 0 aromatic carbocycles. The van der Waals surface area contributed by atoms with Gasteiger partial charge in [-0.2, -0.15) is 0 Å². The molecule has 14 nitrogen and oxygen atoms in total. The lowest BCUT2D eigenvalue weighted by atomic mass is 10.1. The van der Waals surface area contributed by atoms with Crippen molar-refractivity contribution in [3.63, 3.8) is 0 Å². The van der Waals surface area contributed by atoms with Gasteiger partial charge in [-0.15, -0.1) is 0 Å². The maximum atomic E-state index is 12.1. The molecule has 154 valence electrons. The number of anilines is 2. The topological polar surface area (TPSA) is 251 Å². The second-order valence-corrected chi connectivity index (χ2v) is 5.55. The van der Waals surface area contributed by atoms with Gasteiger partial charge in [0, 0.05) is 13.1 Å². The summed E-state index contributed by atoms with van der Waals surface area (Å²) in [6.07, 6.45) is 0. The van der Waals surface area contributed by atoms with Crippen LogP contribution in [0.1, 0.15) is 21.0 Å². The number of nitrogen functional groups attached to an aromatic ring is 2. The molecule has 2 amide bonds. The van der Waals surface area contributed by atoms with Crippen molar-refractivity contribution in [2.75, 3.05) is 37.8 Å². The Balaban J connectivity index is 2.88. The molecule has 0 aliphatic rings. The molecule has 1 rings (SSSR count). The summed E-state index contributed by atoms with van der Waals surface area (Å²) in [4.78, 5) is 53.1. The van der Waals surface area contributed by atoms with Crippen LogP contribution in [0, 0.1) is 11.8 Å². The number of nitrogens with zero attached hydrogens (tertiary/aromatic N) is 2. The van der Waals surface area contributed by atoms with Crippen LogP contribution in [-0.4, -0.2) is 80.5 Å². The molecular weight excluding hydrogens is 380 g/mol. The first-order chi connectivity index (χ1) is 13.1. The normalized spacial score (nSPS) is 12.6. The molecule has 0 radical (unpaired) electrons. The number of rotatable bonds is 10. The number of aliphatic carboxylic acids is 2. The van der Waals surface area contributed by atoms with Crippen molar-refractivity contribution in [1.29, 1.82) is 0 Å². The van der Waals surface area contributed by atoms with E-state index < -0.39 is 84.9 Å². The number of hydrogen-bond donors (Lipinski definition) is 8. The van der Waals surface area contributed by atoms with E-state index in [1.54, 1.807) is 0 Å². The number of nitrogens with two attached hydrogens (primary N) is 2. The minimum absolute atomic E-state index is 0.411. The maximum Gasteiger partial charge on any atom is 0.310 e. The van der Waals surface area contributed by atoms with E-state index in [0.29, 0.717) is 0 Å².